The number of nitrogens with zero attached hydrogens (tertiary/aromatic N) is 2. The third-order valence-corrected chi connectivity index (χ3v) is 6.66. The van der Waals surface area contributed by atoms with Gasteiger partial charge in [0, 0.05) is 0 Å². The van der Waals surface area contributed by atoms with E-state index in [1.807, 2.05) is 0 Å². The predicted octanol–water partition coefficient (Wildman–Crippen LogP) is 1.05. The largest absolute Gasteiger partial charge is 0.597 e. The standard InChI is InChI=1S/C24H24B2N2/c1-25(2)23-17-9-11-19-27(23)26(21-13-5-3-6-14-21,22-15-7-4-8-16-22)28-20-12-10-18-24(25)28/h3-20H,1-2H3. The zero-order valence-corrected chi connectivity index (χ0v) is 16.4. The number of aromatic nitrogens is 2. The number of pyridine rings is 2. The molecule has 0 saturated carbocycles. The Morgan fingerprint density at radius 1 is 0.500 bits per heavy atom. The number of rotatable bonds is 2. The minimum absolute atomic E-state index is 0.885. The van der Waals surface area contributed by atoms with E-state index in [1.54, 1.807) is 0 Å². The van der Waals surface area contributed by atoms with E-state index in [-0.39, 0.29) is 0 Å². The van der Waals surface area contributed by atoms with Crippen molar-refractivity contribution in [2.24, 2.45) is 0 Å². The van der Waals surface area contributed by atoms with Crippen molar-refractivity contribution in [1.29, 1.82) is 0 Å². The Labute approximate surface area is 167 Å². The highest BCUT2D eigenvalue weighted by molar-refractivity contribution is 7.02. The highest BCUT2D eigenvalue weighted by Crippen LogP contribution is 2.09. The summed E-state index contributed by atoms with van der Waals surface area (Å²) in [4.78, 5) is 0. The normalized spacial score (nSPS) is 16.1. The summed E-state index contributed by atoms with van der Waals surface area (Å²) in [5.74, 6) is 0. The van der Waals surface area contributed by atoms with Crippen molar-refractivity contribution in [3.05, 3.63) is 109 Å². The van der Waals surface area contributed by atoms with E-state index in [9.17, 15) is 0 Å². The fraction of sp³-hybridized carbons (Fsp3) is 0.0833. The molecule has 1 aliphatic heterocycles. The van der Waals surface area contributed by atoms with Gasteiger partial charge in [0.1, 0.15) is 12.4 Å². The molecule has 1 aliphatic rings. The van der Waals surface area contributed by atoms with Gasteiger partial charge in [-0.3, -0.25) is 0 Å². The van der Waals surface area contributed by atoms with E-state index < -0.39 is 12.6 Å². The molecule has 0 bridgehead atoms. The number of hydrogen-bond acceptors (Lipinski definition) is 0. The zero-order chi connectivity index (χ0) is 19.2. The molecule has 0 spiro atoms. The Kier molecular flexibility index (Phi) is 3.77. The molecule has 0 unspecified atom stereocenters. The highest BCUT2D eigenvalue weighted by Gasteiger charge is 2.58. The van der Waals surface area contributed by atoms with E-state index in [0.717, 1.165) is 0 Å². The van der Waals surface area contributed by atoms with Crippen LogP contribution in [0.3, 0.4) is 0 Å². The van der Waals surface area contributed by atoms with Gasteiger partial charge >= 0.3 is 6.42 Å². The van der Waals surface area contributed by atoms with Crippen LogP contribution in [-0.2, 0) is 0 Å². The van der Waals surface area contributed by atoms with E-state index >= 15 is 0 Å². The lowest BCUT2D eigenvalue weighted by atomic mass is 9.19. The van der Waals surface area contributed by atoms with E-state index in [1.165, 1.54) is 22.1 Å². The van der Waals surface area contributed by atoms with Crippen LogP contribution in [0.5, 0.6) is 0 Å². The smallest absolute Gasteiger partial charge is 0.385 e. The monoisotopic (exact) mass is 362 g/mol. The lowest BCUT2D eigenvalue weighted by Gasteiger charge is -2.45. The molecule has 4 heteroatoms. The zero-order valence-electron chi connectivity index (χ0n) is 16.4. The predicted molar refractivity (Wildman–Crippen MR) is 119 cm³/mol. The first kappa shape index (κ1) is 17.0. The van der Waals surface area contributed by atoms with Crippen molar-refractivity contribution in [2.45, 2.75) is 13.6 Å². The van der Waals surface area contributed by atoms with Crippen LogP contribution >= 0.6 is 0 Å². The number of fused-ring (bicyclic) bond motifs is 2. The Morgan fingerprint density at radius 2 is 0.893 bits per heavy atom. The summed E-state index contributed by atoms with van der Waals surface area (Å²) in [7, 11) is 0. The van der Waals surface area contributed by atoms with Crippen molar-refractivity contribution < 1.29 is 8.96 Å². The van der Waals surface area contributed by atoms with Crippen LogP contribution in [0.2, 0.25) is 13.6 Å². The van der Waals surface area contributed by atoms with Gasteiger partial charge in [0.2, 0.25) is 0 Å². The van der Waals surface area contributed by atoms with Crippen molar-refractivity contribution >= 4 is 34.7 Å². The molecule has 0 N–H and O–H groups in total. The third kappa shape index (κ3) is 2.18. The van der Waals surface area contributed by atoms with Crippen molar-refractivity contribution in [3.8, 4) is 0 Å². The molecular weight excluding hydrogens is 338 g/mol. The Hall–Kier alpha value is -3.13. The molecule has 0 aliphatic carbocycles. The third-order valence-electron chi connectivity index (χ3n) is 6.66. The maximum atomic E-state index is 2.54. The summed E-state index contributed by atoms with van der Waals surface area (Å²) in [5.41, 5.74) is 5.41. The summed E-state index contributed by atoms with van der Waals surface area (Å²) in [5, 5.41) is 0. The SMILES string of the molecule is C[B-]1(C)c2cccc[n+]2[B-](c2ccccc2)(c2ccccc2)[n+]2ccccc21. The fourth-order valence-electron chi connectivity index (χ4n) is 5.41. The van der Waals surface area contributed by atoms with Gasteiger partial charge in [-0.1, -0.05) is 72.8 Å². The summed E-state index contributed by atoms with van der Waals surface area (Å²) in [6.45, 7) is 4.77. The molecule has 136 valence electrons. The summed E-state index contributed by atoms with van der Waals surface area (Å²) >= 11 is 0. The van der Waals surface area contributed by atoms with Crippen LogP contribution in [0, 0.1) is 0 Å². The van der Waals surface area contributed by atoms with Crippen molar-refractivity contribution in [3.63, 3.8) is 0 Å². The Morgan fingerprint density at radius 3 is 1.32 bits per heavy atom. The summed E-state index contributed by atoms with van der Waals surface area (Å²) in [6, 6.07) is 35.2. The average Bonchev–Trinajstić information content (AvgIpc) is 2.76. The number of benzene rings is 2. The first-order chi connectivity index (χ1) is 13.7. The molecule has 28 heavy (non-hydrogen) atoms. The van der Waals surface area contributed by atoms with Gasteiger partial charge in [-0.05, 0) is 46.4 Å². The first-order valence-electron chi connectivity index (χ1n) is 10.2. The lowest BCUT2D eigenvalue weighted by Crippen LogP contribution is -3.04. The maximum Gasteiger partial charge on any atom is 0.597 e. The molecule has 0 saturated heterocycles. The van der Waals surface area contributed by atoms with E-state index in [4.69, 9.17) is 0 Å². The Bertz CT molecular complexity index is 1050. The molecule has 2 aromatic heterocycles. The van der Waals surface area contributed by atoms with E-state index in [0.29, 0.717) is 0 Å². The topological polar surface area (TPSA) is 7.76 Å². The van der Waals surface area contributed by atoms with Crippen LogP contribution in [0.25, 0.3) is 0 Å². The van der Waals surface area contributed by atoms with Crippen LogP contribution in [-0.4, -0.2) is 12.6 Å². The van der Waals surface area contributed by atoms with Gasteiger partial charge in [0.25, 0.3) is 0 Å². The molecule has 2 nitrogen and oxygen atoms in total. The number of hydrogen-bond donors (Lipinski definition) is 0. The second-order valence-corrected chi connectivity index (χ2v) is 8.54. The van der Waals surface area contributed by atoms with Crippen LogP contribution < -0.4 is 31.1 Å². The summed E-state index contributed by atoms with van der Waals surface area (Å²) in [6.07, 6.45) is 2.26. The minimum Gasteiger partial charge on any atom is -0.385 e. The van der Waals surface area contributed by atoms with Gasteiger partial charge in [-0.25, -0.2) is 0 Å². The second kappa shape index (κ2) is 6.20. The van der Waals surface area contributed by atoms with Crippen molar-refractivity contribution in [2.75, 3.05) is 0 Å². The summed E-state index contributed by atoms with van der Waals surface area (Å²) < 4.78 is 5.08. The quantitative estimate of drug-likeness (QED) is 0.471. The molecular formula is C24H24B2N2. The average molecular weight is 362 g/mol. The second-order valence-electron chi connectivity index (χ2n) is 8.54. The van der Waals surface area contributed by atoms with Gasteiger partial charge in [0.05, 0.1) is 0 Å². The first-order valence-corrected chi connectivity index (χ1v) is 10.2. The maximum absolute atomic E-state index is 2.54. The van der Waals surface area contributed by atoms with Crippen molar-refractivity contribution in [1.82, 2.24) is 0 Å². The molecule has 0 fully saturated rings. The van der Waals surface area contributed by atoms with E-state index in [2.05, 4.69) is 132 Å². The van der Waals surface area contributed by atoms with Crippen LogP contribution in [0.15, 0.2) is 109 Å². The molecule has 4 aromatic rings. The molecule has 0 amide bonds. The van der Waals surface area contributed by atoms with Crippen LogP contribution in [0.1, 0.15) is 0 Å². The minimum atomic E-state index is -1.39. The van der Waals surface area contributed by atoms with Gasteiger partial charge in [-0.15, -0.1) is 0 Å². The van der Waals surface area contributed by atoms with Crippen LogP contribution in [0.4, 0.5) is 0 Å². The molecule has 3 heterocycles. The van der Waals surface area contributed by atoms with Gasteiger partial charge in [0.15, 0.2) is 6.15 Å². The Balaban J connectivity index is 2.01. The molecule has 5 rings (SSSR count). The molecule has 0 radical (unpaired) electrons. The highest BCUT2D eigenvalue weighted by atomic mass is 15.1. The fourth-order valence-corrected chi connectivity index (χ4v) is 5.41. The molecule has 2 aromatic carbocycles. The van der Waals surface area contributed by atoms with Gasteiger partial charge in [-0.2, -0.15) is 13.6 Å². The van der Waals surface area contributed by atoms with Gasteiger partial charge < -0.3 is 8.96 Å². The molecule has 0 atom stereocenters. The lowest BCUT2D eigenvalue weighted by molar-refractivity contribution is -0.667.